The predicted molar refractivity (Wildman–Crippen MR) is 80.6 cm³/mol. The maximum atomic E-state index is 4.46. The smallest absolute Gasteiger partial charge is 0.139 e. The van der Waals surface area contributed by atoms with Crippen LogP contribution in [0, 0.1) is 0 Å². The first kappa shape index (κ1) is 13.7. The van der Waals surface area contributed by atoms with E-state index in [1.165, 1.54) is 0 Å². The summed E-state index contributed by atoms with van der Waals surface area (Å²) in [5.41, 5.74) is 1.00. The van der Waals surface area contributed by atoms with Crippen molar-refractivity contribution < 1.29 is 0 Å². The molecule has 0 saturated carbocycles. The third kappa shape index (κ3) is 3.41. The van der Waals surface area contributed by atoms with Gasteiger partial charge in [-0.25, -0.2) is 9.97 Å². The Morgan fingerprint density at radius 3 is 2.74 bits per heavy atom. The Labute approximate surface area is 114 Å². The summed E-state index contributed by atoms with van der Waals surface area (Å²) in [4.78, 5) is 11.1. The molecule has 2 rings (SSSR count). The number of hydrogen-bond donors (Lipinski definition) is 1. The molecule has 0 spiro atoms. The molecular formula is C15H22N4. The average molecular weight is 258 g/mol. The third-order valence-electron chi connectivity index (χ3n) is 3.14. The molecule has 0 aliphatic carbocycles. The summed E-state index contributed by atoms with van der Waals surface area (Å²) in [6, 6.07) is 8.68. The van der Waals surface area contributed by atoms with E-state index in [0.717, 1.165) is 36.4 Å². The highest BCUT2D eigenvalue weighted by molar-refractivity contribution is 5.89. The number of nitrogens with zero attached hydrogens (tertiary/aromatic N) is 3. The summed E-state index contributed by atoms with van der Waals surface area (Å²) in [6.45, 7) is 9.35. The molecule has 1 N–H and O–H groups in total. The van der Waals surface area contributed by atoms with E-state index in [9.17, 15) is 0 Å². The second-order valence-corrected chi connectivity index (χ2v) is 4.90. The molecule has 0 atom stereocenters. The maximum absolute atomic E-state index is 4.46. The van der Waals surface area contributed by atoms with Crippen LogP contribution in [0.25, 0.3) is 10.9 Å². The van der Waals surface area contributed by atoms with Crippen molar-refractivity contribution in [1.82, 2.24) is 15.3 Å². The summed E-state index contributed by atoms with van der Waals surface area (Å²) in [5, 5.41) is 4.56. The minimum Gasteiger partial charge on any atom is -0.355 e. The Morgan fingerprint density at radius 1 is 1.21 bits per heavy atom. The van der Waals surface area contributed by atoms with Crippen LogP contribution in [0.3, 0.4) is 0 Å². The number of rotatable bonds is 6. The lowest BCUT2D eigenvalue weighted by Crippen LogP contribution is -2.35. The van der Waals surface area contributed by atoms with E-state index in [1.807, 2.05) is 18.2 Å². The zero-order valence-corrected chi connectivity index (χ0v) is 11.9. The fraction of sp³-hybridized carbons (Fsp3) is 0.467. The number of hydrogen-bond acceptors (Lipinski definition) is 4. The highest BCUT2D eigenvalue weighted by Gasteiger charge is 2.10. The van der Waals surface area contributed by atoms with Crippen molar-refractivity contribution >= 4 is 16.7 Å². The molecule has 1 heterocycles. The highest BCUT2D eigenvalue weighted by Crippen LogP contribution is 2.21. The molecule has 1 aromatic heterocycles. The van der Waals surface area contributed by atoms with Gasteiger partial charge in [-0.1, -0.05) is 26.0 Å². The number of likely N-dealkylation sites (N-methyl/N-ethyl adjacent to an activating group) is 1. The van der Waals surface area contributed by atoms with Gasteiger partial charge in [0.2, 0.25) is 0 Å². The van der Waals surface area contributed by atoms with E-state index in [-0.39, 0.29) is 0 Å². The Hall–Kier alpha value is -1.68. The van der Waals surface area contributed by atoms with Gasteiger partial charge in [-0.15, -0.1) is 0 Å². The molecular weight excluding hydrogens is 236 g/mol. The number of anilines is 1. The van der Waals surface area contributed by atoms with Crippen molar-refractivity contribution in [3.63, 3.8) is 0 Å². The Bertz CT molecular complexity index is 519. The number of aromatic nitrogens is 2. The van der Waals surface area contributed by atoms with Crippen LogP contribution in [0.5, 0.6) is 0 Å². The largest absolute Gasteiger partial charge is 0.355 e. The van der Waals surface area contributed by atoms with Crippen LogP contribution in [0.1, 0.15) is 20.8 Å². The van der Waals surface area contributed by atoms with Gasteiger partial charge in [-0.05, 0) is 19.1 Å². The standard InChI is InChI=1S/C15H22N4/c1-4-19(10-9-16-12(2)3)15-13-7-5-6-8-14(13)17-11-18-15/h5-8,11-12,16H,4,9-10H2,1-3H3. The van der Waals surface area contributed by atoms with Crippen molar-refractivity contribution in [1.29, 1.82) is 0 Å². The molecule has 0 bridgehead atoms. The van der Waals surface area contributed by atoms with Gasteiger partial charge in [-0.3, -0.25) is 0 Å². The lowest BCUT2D eigenvalue weighted by Gasteiger charge is -2.23. The van der Waals surface area contributed by atoms with Gasteiger partial charge in [-0.2, -0.15) is 0 Å². The van der Waals surface area contributed by atoms with Crippen molar-refractivity contribution in [3.8, 4) is 0 Å². The second kappa shape index (κ2) is 6.48. The first-order valence-electron chi connectivity index (χ1n) is 6.90. The van der Waals surface area contributed by atoms with E-state index >= 15 is 0 Å². The van der Waals surface area contributed by atoms with Crippen molar-refractivity contribution in [2.75, 3.05) is 24.5 Å². The monoisotopic (exact) mass is 258 g/mol. The molecule has 0 unspecified atom stereocenters. The van der Waals surface area contributed by atoms with Crippen LogP contribution < -0.4 is 10.2 Å². The van der Waals surface area contributed by atoms with E-state index in [2.05, 4.69) is 47.0 Å². The number of fused-ring (bicyclic) bond motifs is 1. The zero-order chi connectivity index (χ0) is 13.7. The number of benzene rings is 1. The molecule has 0 aliphatic heterocycles. The molecule has 19 heavy (non-hydrogen) atoms. The summed E-state index contributed by atoms with van der Waals surface area (Å²) in [6.07, 6.45) is 1.65. The molecule has 0 fully saturated rings. The average Bonchev–Trinajstić information content (AvgIpc) is 2.43. The highest BCUT2D eigenvalue weighted by atomic mass is 15.2. The lowest BCUT2D eigenvalue weighted by atomic mass is 10.2. The first-order chi connectivity index (χ1) is 9.22. The van der Waals surface area contributed by atoms with Gasteiger partial charge >= 0.3 is 0 Å². The molecule has 2 aromatic rings. The SMILES string of the molecule is CCN(CCNC(C)C)c1ncnc2ccccc12. The van der Waals surface area contributed by atoms with Crippen LogP contribution in [0.2, 0.25) is 0 Å². The molecule has 1 aromatic carbocycles. The van der Waals surface area contributed by atoms with Gasteiger partial charge in [0.15, 0.2) is 0 Å². The summed E-state index contributed by atoms with van der Waals surface area (Å²) >= 11 is 0. The summed E-state index contributed by atoms with van der Waals surface area (Å²) < 4.78 is 0. The molecule has 102 valence electrons. The maximum Gasteiger partial charge on any atom is 0.139 e. The van der Waals surface area contributed by atoms with Gasteiger partial charge in [0.25, 0.3) is 0 Å². The topological polar surface area (TPSA) is 41.0 Å². The Morgan fingerprint density at radius 2 is 2.00 bits per heavy atom. The quantitative estimate of drug-likeness (QED) is 0.864. The Balaban J connectivity index is 2.20. The van der Waals surface area contributed by atoms with E-state index in [1.54, 1.807) is 6.33 Å². The molecule has 0 aliphatic rings. The molecule has 4 heteroatoms. The molecule has 4 nitrogen and oxygen atoms in total. The van der Waals surface area contributed by atoms with E-state index in [4.69, 9.17) is 0 Å². The van der Waals surface area contributed by atoms with E-state index in [0.29, 0.717) is 6.04 Å². The minimum atomic E-state index is 0.515. The number of nitrogens with one attached hydrogen (secondary N) is 1. The van der Waals surface area contributed by atoms with Crippen molar-refractivity contribution in [2.45, 2.75) is 26.8 Å². The summed E-state index contributed by atoms with van der Waals surface area (Å²) in [7, 11) is 0. The van der Waals surface area contributed by atoms with Crippen molar-refractivity contribution in [2.24, 2.45) is 0 Å². The van der Waals surface area contributed by atoms with Crippen LogP contribution in [0.4, 0.5) is 5.82 Å². The fourth-order valence-electron chi connectivity index (χ4n) is 2.14. The van der Waals surface area contributed by atoms with Crippen LogP contribution >= 0.6 is 0 Å². The van der Waals surface area contributed by atoms with Gasteiger partial charge in [0, 0.05) is 31.1 Å². The van der Waals surface area contributed by atoms with Gasteiger partial charge in [0.1, 0.15) is 12.1 Å². The van der Waals surface area contributed by atoms with Crippen LogP contribution in [0.15, 0.2) is 30.6 Å². The van der Waals surface area contributed by atoms with E-state index < -0.39 is 0 Å². The Kier molecular flexibility index (Phi) is 4.68. The zero-order valence-electron chi connectivity index (χ0n) is 11.9. The lowest BCUT2D eigenvalue weighted by molar-refractivity contribution is 0.582. The molecule has 0 radical (unpaired) electrons. The van der Waals surface area contributed by atoms with Gasteiger partial charge < -0.3 is 10.2 Å². The first-order valence-corrected chi connectivity index (χ1v) is 6.90. The van der Waals surface area contributed by atoms with Crippen molar-refractivity contribution in [3.05, 3.63) is 30.6 Å². The second-order valence-electron chi connectivity index (χ2n) is 4.90. The number of para-hydroxylation sites is 1. The molecule has 0 saturated heterocycles. The summed E-state index contributed by atoms with van der Waals surface area (Å²) in [5.74, 6) is 1.03. The van der Waals surface area contributed by atoms with Crippen LogP contribution in [-0.4, -0.2) is 35.6 Å². The third-order valence-corrected chi connectivity index (χ3v) is 3.14. The minimum absolute atomic E-state index is 0.515. The predicted octanol–water partition coefficient (Wildman–Crippen LogP) is 2.45. The molecule has 0 amide bonds. The van der Waals surface area contributed by atoms with Crippen LogP contribution in [-0.2, 0) is 0 Å². The fourth-order valence-corrected chi connectivity index (χ4v) is 2.14. The normalized spacial score (nSPS) is 11.2. The van der Waals surface area contributed by atoms with Gasteiger partial charge in [0.05, 0.1) is 5.52 Å².